The van der Waals surface area contributed by atoms with Crippen LogP contribution in [0.3, 0.4) is 0 Å². The molecule has 3 nitrogen and oxygen atoms in total. The first-order valence-electron chi connectivity index (χ1n) is 4.76. The van der Waals surface area contributed by atoms with Crippen LogP contribution in [-0.2, 0) is 6.42 Å². The van der Waals surface area contributed by atoms with Crippen molar-refractivity contribution in [2.24, 2.45) is 0 Å². The highest BCUT2D eigenvalue weighted by atomic mass is 16.5. The summed E-state index contributed by atoms with van der Waals surface area (Å²) < 4.78 is 10.6. The number of ether oxygens (including phenoxy) is 2. The molecule has 1 aliphatic heterocycles. The van der Waals surface area contributed by atoms with Crippen molar-refractivity contribution in [1.82, 2.24) is 0 Å². The van der Waals surface area contributed by atoms with Crippen molar-refractivity contribution < 1.29 is 9.47 Å². The summed E-state index contributed by atoms with van der Waals surface area (Å²) in [4.78, 5) is 0. The van der Waals surface area contributed by atoms with Gasteiger partial charge in [0, 0.05) is 6.54 Å². The van der Waals surface area contributed by atoms with Crippen LogP contribution in [0.4, 0.5) is 5.69 Å². The molecule has 0 bridgehead atoms. The van der Waals surface area contributed by atoms with Crippen molar-refractivity contribution in [2.75, 3.05) is 26.1 Å². The van der Waals surface area contributed by atoms with Gasteiger partial charge in [-0.3, -0.25) is 0 Å². The smallest absolute Gasteiger partial charge is 0.184 e. The van der Waals surface area contributed by atoms with Crippen molar-refractivity contribution in [1.29, 1.82) is 0 Å². The summed E-state index contributed by atoms with van der Waals surface area (Å²) in [7, 11) is 3.34. The highest BCUT2D eigenvalue weighted by Crippen LogP contribution is 2.42. The van der Waals surface area contributed by atoms with Crippen LogP contribution in [0.1, 0.15) is 11.1 Å². The van der Waals surface area contributed by atoms with Gasteiger partial charge in [0.2, 0.25) is 0 Å². The molecule has 0 fully saturated rings. The fourth-order valence-electron chi connectivity index (χ4n) is 1.98. The maximum Gasteiger partial charge on any atom is 0.184 e. The quantitative estimate of drug-likeness (QED) is 0.779. The van der Waals surface area contributed by atoms with Gasteiger partial charge in [0.05, 0.1) is 19.9 Å². The van der Waals surface area contributed by atoms with Crippen LogP contribution in [0.15, 0.2) is 6.07 Å². The fraction of sp³-hybridized carbons (Fsp3) is 0.455. The molecule has 1 heterocycles. The minimum Gasteiger partial charge on any atom is -0.493 e. The maximum absolute atomic E-state index is 5.35. The molecular weight excluding hydrogens is 178 g/mol. The second kappa shape index (κ2) is 3.40. The molecule has 1 aromatic rings. The van der Waals surface area contributed by atoms with E-state index in [2.05, 4.69) is 12.2 Å². The number of hydrogen-bond acceptors (Lipinski definition) is 3. The van der Waals surface area contributed by atoms with Gasteiger partial charge in [-0.15, -0.1) is 0 Å². The van der Waals surface area contributed by atoms with E-state index in [1.165, 1.54) is 11.1 Å². The normalized spacial score (nSPS) is 13.4. The SMILES string of the molecule is COc1cc(C)c2c(c1OC)NCC2. The zero-order chi connectivity index (χ0) is 10.1. The standard InChI is InChI=1S/C11H15NO2/c1-7-6-9(13-2)11(14-3)10-8(7)4-5-12-10/h6,12H,4-5H2,1-3H3. The van der Waals surface area contributed by atoms with E-state index in [1.807, 2.05) is 6.07 Å². The van der Waals surface area contributed by atoms with Crippen molar-refractivity contribution in [3.05, 3.63) is 17.2 Å². The van der Waals surface area contributed by atoms with E-state index in [0.29, 0.717) is 0 Å². The maximum atomic E-state index is 5.35. The average Bonchev–Trinajstić information content (AvgIpc) is 2.66. The summed E-state index contributed by atoms with van der Waals surface area (Å²) in [5, 5.41) is 3.33. The first-order chi connectivity index (χ1) is 6.77. The number of benzene rings is 1. The summed E-state index contributed by atoms with van der Waals surface area (Å²) in [6.45, 7) is 3.09. The zero-order valence-electron chi connectivity index (χ0n) is 8.81. The van der Waals surface area contributed by atoms with Gasteiger partial charge in [-0.05, 0) is 30.5 Å². The molecule has 0 aliphatic carbocycles. The van der Waals surface area contributed by atoms with E-state index in [9.17, 15) is 0 Å². The number of fused-ring (bicyclic) bond motifs is 1. The summed E-state index contributed by atoms with van der Waals surface area (Å²) in [5.74, 6) is 1.63. The lowest BCUT2D eigenvalue weighted by molar-refractivity contribution is 0.356. The summed E-state index contributed by atoms with van der Waals surface area (Å²) in [6, 6.07) is 2.03. The lowest BCUT2D eigenvalue weighted by atomic mass is 10.0. The number of hydrogen-bond donors (Lipinski definition) is 1. The Kier molecular flexibility index (Phi) is 2.23. The molecule has 76 valence electrons. The Morgan fingerprint density at radius 3 is 2.71 bits per heavy atom. The molecule has 1 aromatic carbocycles. The molecule has 0 atom stereocenters. The van der Waals surface area contributed by atoms with Gasteiger partial charge < -0.3 is 14.8 Å². The number of rotatable bonds is 2. The fourth-order valence-corrected chi connectivity index (χ4v) is 1.98. The number of methoxy groups -OCH3 is 2. The molecule has 0 saturated carbocycles. The third-order valence-corrected chi connectivity index (χ3v) is 2.68. The average molecular weight is 193 g/mol. The Bertz CT molecular complexity index is 361. The highest BCUT2D eigenvalue weighted by Gasteiger charge is 2.21. The third-order valence-electron chi connectivity index (χ3n) is 2.68. The summed E-state index contributed by atoms with van der Waals surface area (Å²) in [6.07, 6.45) is 1.07. The van der Waals surface area contributed by atoms with E-state index in [4.69, 9.17) is 9.47 Å². The molecule has 0 amide bonds. The van der Waals surface area contributed by atoms with Gasteiger partial charge in [-0.2, -0.15) is 0 Å². The van der Waals surface area contributed by atoms with Crippen LogP contribution in [0.2, 0.25) is 0 Å². The van der Waals surface area contributed by atoms with Crippen LogP contribution in [0.5, 0.6) is 11.5 Å². The lowest BCUT2D eigenvalue weighted by Gasteiger charge is -2.14. The molecule has 1 aliphatic rings. The first-order valence-corrected chi connectivity index (χ1v) is 4.76. The van der Waals surface area contributed by atoms with Gasteiger partial charge >= 0.3 is 0 Å². The second-order valence-electron chi connectivity index (χ2n) is 3.46. The zero-order valence-corrected chi connectivity index (χ0v) is 8.81. The number of aryl methyl sites for hydroxylation is 1. The van der Waals surface area contributed by atoms with Gasteiger partial charge in [-0.1, -0.05) is 0 Å². The molecule has 0 radical (unpaired) electrons. The minimum absolute atomic E-state index is 0.804. The largest absolute Gasteiger partial charge is 0.493 e. The van der Waals surface area contributed by atoms with E-state index in [0.717, 1.165) is 30.2 Å². The van der Waals surface area contributed by atoms with Crippen LogP contribution < -0.4 is 14.8 Å². The second-order valence-corrected chi connectivity index (χ2v) is 3.46. The first kappa shape index (κ1) is 9.19. The number of nitrogens with one attached hydrogen (secondary N) is 1. The Morgan fingerprint density at radius 2 is 2.07 bits per heavy atom. The van der Waals surface area contributed by atoms with Crippen LogP contribution in [0.25, 0.3) is 0 Å². The van der Waals surface area contributed by atoms with Crippen molar-refractivity contribution in [3.63, 3.8) is 0 Å². The van der Waals surface area contributed by atoms with Gasteiger partial charge in [-0.25, -0.2) is 0 Å². The van der Waals surface area contributed by atoms with E-state index >= 15 is 0 Å². The van der Waals surface area contributed by atoms with Crippen molar-refractivity contribution in [3.8, 4) is 11.5 Å². The lowest BCUT2D eigenvalue weighted by Crippen LogP contribution is -1.97. The van der Waals surface area contributed by atoms with Crippen molar-refractivity contribution in [2.45, 2.75) is 13.3 Å². The molecule has 0 spiro atoms. The van der Waals surface area contributed by atoms with Crippen LogP contribution in [0, 0.1) is 6.92 Å². The van der Waals surface area contributed by atoms with Gasteiger partial charge in [0.15, 0.2) is 11.5 Å². The predicted molar refractivity (Wildman–Crippen MR) is 56.5 cm³/mol. The topological polar surface area (TPSA) is 30.5 Å². The Labute approximate surface area is 84.0 Å². The van der Waals surface area contributed by atoms with E-state index in [1.54, 1.807) is 14.2 Å². The summed E-state index contributed by atoms with van der Waals surface area (Å²) >= 11 is 0. The molecule has 0 aromatic heterocycles. The summed E-state index contributed by atoms with van der Waals surface area (Å²) in [5.41, 5.74) is 3.72. The highest BCUT2D eigenvalue weighted by molar-refractivity contribution is 5.72. The Hall–Kier alpha value is -1.38. The van der Waals surface area contributed by atoms with E-state index < -0.39 is 0 Å². The predicted octanol–water partition coefficient (Wildman–Crippen LogP) is 1.98. The molecule has 1 N–H and O–H groups in total. The van der Waals surface area contributed by atoms with Gasteiger partial charge in [0.25, 0.3) is 0 Å². The molecule has 3 heteroatoms. The third kappa shape index (κ3) is 1.20. The number of anilines is 1. The Morgan fingerprint density at radius 1 is 1.29 bits per heavy atom. The molecule has 2 rings (SSSR count). The van der Waals surface area contributed by atoms with E-state index in [-0.39, 0.29) is 0 Å². The van der Waals surface area contributed by atoms with Crippen LogP contribution >= 0.6 is 0 Å². The Balaban J connectivity index is 2.62. The molecule has 14 heavy (non-hydrogen) atoms. The molecule has 0 saturated heterocycles. The van der Waals surface area contributed by atoms with Crippen LogP contribution in [-0.4, -0.2) is 20.8 Å². The minimum atomic E-state index is 0.804. The van der Waals surface area contributed by atoms with Crippen molar-refractivity contribution >= 4 is 5.69 Å². The molecule has 0 unspecified atom stereocenters. The van der Waals surface area contributed by atoms with Gasteiger partial charge in [0.1, 0.15) is 0 Å². The molecular formula is C11H15NO2. The monoisotopic (exact) mass is 193 g/mol.